The average molecular weight is 280 g/mol. The molecule has 1 aromatic rings. The fourth-order valence-corrected chi connectivity index (χ4v) is 2.29. The molecule has 0 aliphatic heterocycles. The number of nitrogen functional groups attached to an aromatic ring is 1. The maximum atomic E-state index is 11.2. The Bertz CT molecular complexity index is 489. The lowest BCUT2D eigenvalue weighted by Crippen LogP contribution is -2.18. The van der Waals surface area contributed by atoms with Crippen molar-refractivity contribution in [3.8, 4) is 0 Å². The first-order chi connectivity index (χ1) is 9.62. The van der Waals surface area contributed by atoms with Crippen molar-refractivity contribution >= 4 is 17.1 Å². The number of nitro groups is 1. The lowest BCUT2D eigenvalue weighted by molar-refractivity contribution is -0.383. The van der Waals surface area contributed by atoms with E-state index in [4.69, 9.17) is 10.6 Å². The number of anilines is 2. The fraction of sp³-hybridized carbons (Fsp3) is 0.538. The number of rotatable bonds is 8. The predicted molar refractivity (Wildman–Crippen MR) is 77.6 cm³/mol. The highest BCUT2D eigenvalue weighted by atomic mass is 16.6. The second-order valence-electron chi connectivity index (χ2n) is 5.20. The number of hydrazine groups is 1. The highest BCUT2D eigenvalue weighted by Crippen LogP contribution is 2.49. The summed E-state index contributed by atoms with van der Waals surface area (Å²) >= 11 is 0. The number of nitrogens with zero attached hydrogens (tertiary/aromatic N) is 1. The van der Waals surface area contributed by atoms with E-state index in [0.717, 1.165) is 19.3 Å². The zero-order valence-corrected chi connectivity index (χ0v) is 11.5. The number of nitrogens with one attached hydrogen (secondary N) is 2. The minimum Gasteiger partial charge on any atom is -0.385 e. The summed E-state index contributed by atoms with van der Waals surface area (Å²) in [6.45, 7) is 1.43. The molecule has 20 heavy (non-hydrogen) atoms. The van der Waals surface area contributed by atoms with Crippen LogP contribution in [0.5, 0.6) is 0 Å². The molecule has 1 saturated carbocycles. The van der Waals surface area contributed by atoms with Crippen molar-refractivity contribution in [2.45, 2.75) is 19.3 Å². The maximum Gasteiger partial charge on any atom is 0.316 e. The van der Waals surface area contributed by atoms with Gasteiger partial charge in [-0.2, -0.15) is 0 Å². The van der Waals surface area contributed by atoms with Crippen LogP contribution in [0.15, 0.2) is 18.2 Å². The van der Waals surface area contributed by atoms with Gasteiger partial charge in [-0.1, -0.05) is 6.07 Å². The van der Waals surface area contributed by atoms with Crippen LogP contribution in [-0.4, -0.2) is 25.2 Å². The first-order valence-electron chi connectivity index (χ1n) is 6.59. The van der Waals surface area contributed by atoms with Crippen LogP contribution in [-0.2, 0) is 4.74 Å². The van der Waals surface area contributed by atoms with E-state index in [-0.39, 0.29) is 11.1 Å². The van der Waals surface area contributed by atoms with Gasteiger partial charge in [-0.05, 0) is 36.8 Å². The number of hydrogen-bond acceptors (Lipinski definition) is 6. The van der Waals surface area contributed by atoms with E-state index in [1.165, 1.54) is 0 Å². The third-order valence-corrected chi connectivity index (χ3v) is 3.82. The van der Waals surface area contributed by atoms with Crippen molar-refractivity contribution in [2.24, 2.45) is 11.3 Å². The molecule has 0 spiro atoms. The van der Waals surface area contributed by atoms with Gasteiger partial charge in [-0.25, -0.2) is 0 Å². The summed E-state index contributed by atoms with van der Waals surface area (Å²) in [5, 5.41) is 14.4. The molecule has 0 heterocycles. The summed E-state index contributed by atoms with van der Waals surface area (Å²) in [5.74, 6) is 5.32. The number of benzene rings is 1. The molecule has 0 bridgehead atoms. The molecular formula is C13H20N4O3. The Morgan fingerprint density at radius 3 is 2.70 bits per heavy atom. The van der Waals surface area contributed by atoms with Crippen LogP contribution in [0.3, 0.4) is 0 Å². The number of para-hydroxylation sites is 1. The van der Waals surface area contributed by atoms with E-state index in [1.54, 1.807) is 25.3 Å². The Morgan fingerprint density at radius 2 is 2.15 bits per heavy atom. The summed E-state index contributed by atoms with van der Waals surface area (Å²) in [6.07, 6.45) is 3.23. The molecule has 1 aliphatic carbocycles. The SMILES string of the molecule is COCCC1(CNc2cccc(NN)c2[N+](=O)[O-])CC1. The van der Waals surface area contributed by atoms with Crippen molar-refractivity contribution in [2.75, 3.05) is 31.0 Å². The summed E-state index contributed by atoms with van der Waals surface area (Å²) in [5.41, 5.74) is 3.37. The van der Waals surface area contributed by atoms with Crippen LogP contribution in [0.1, 0.15) is 19.3 Å². The summed E-state index contributed by atoms with van der Waals surface area (Å²) < 4.78 is 5.11. The first kappa shape index (κ1) is 14.5. The predicted octanol–water partition coefficient (Wildman–Crippen LogP) is 2.11. The molecule has 1 aliphatic rings. The van der Waals surface area contributed by atoms with Gasteiger partial charge in [0.1, 0.15) is 11.4 Å². The van der Waals surface area contributed by atoms with Crippen molar-refractivity contribution in [3.05, 3.63) is 28.3 Å². The second kappa shape index (κ2) is 6.06. The Kier molecular flexibility index (Phi) is 4.41. The van der Waals surface area contributed by atoms with Crippen LogP contribution < -0.4 is 16.6 Å². The van der Waals surface area contributed by atoms with Gasteiger partial charge >= 0.3 is 5.69 Å². The monoisotopic (exact) mass is 280 g/mol. The number of nitrogens with two attached hydrogens (primary N) is 1. The quantitative estimate of drug-likeness (QED) is 0.383. The zero-order chi connectivity index (χ0) is 14.6. The Labute approximate surface area is 117 Å². The topological polar surface area (TPSA) is 102 Å². The van der Waals surface area contributed by atoms with Crippen molar-refractivity contribution in [1.82, 2.24) is 0 Å². The minimum atomic E-state index is -0.424. The molecular weight excluding hydrogens is 260 g/mol. The number of hydrogen-bond donors (Lipinski definition) is 3. The molecule has 7 heteroatoms. The van der Waals surface area contributed by atoms with Gasteiger partial charge < -0.3 is 15.5 Å². The van der Waals surface area contributed by atoms with Crippen LogP contribution in [0.4, 0.5) is 17.1 Å². The largest absolute Gasteiger partial charge is 0.385 e. The van der Waals surface area contributed by atoms with Gasteiger partial charge in [0.25, 0.3) is 0 Å². The fourth-order valence-electron chi connectivity index (χ4n) is 2.29. The van der Waals surface area contributed by atoms with Gasteiger partial charge in [0.15, 0.2) is 0 Å². The highest BCUT2D eigenvalue weighted by molar-refractivity contribution is 5.75. The van der Waals surface area contributed by atoms with Crippen LogP contribution in [0.25, 0.3) is 0 Å². The molecule has 4 N–H and O–H groups in total. The smallest absolute Gasteiger partial charge is 0.316 e. The molecule has 2 rings (SSSR count). The van der Waals surface area contributed by atoms with E-state index < -0.39 is 4.92 Å². The van der Waals surface area contributed by atoms with Crippen LogP contribution >= 0.6 is 0 Å². The summed E-state index contributed by atoms with van der Waals surface area (Å²) in [7, 11) is 1.69. The molecule has 110 valence electrons. The van der Waals surface area contributed by atoms with Gasteiger partial charge in [0, 0.05) is 20.3 Å². The maximum absolute atomic E-state index is 11.2. The molecule has 0 unspecified atom stereocenters. The zero-order valence-electron chi connectivity index (χ0n) is 11.5. The van der Waals surface area contributed by atoms with Gasteiger partial charge in [0.05, 0.1) is 4.92 Å². The minimum absolute atomic E-state index is 0.0162. The number of nitro benzene ring substituents is 1. The van der Waals surface area contributed by atoms with Crippen LogP contribution in [0.2, 0.25) is 0 Å². The molecule has 0 aromatic heterocycles. The molecule has 1 fully saturated rings. The lowest BCUT2D eigenvalue weighted by atomic mass is 10.0. The average Bonchev–Trinajstić information content (AvgIpc) is 3.22. The Morgan fingerprint density at radius 1 is 1.45 bits per heavy atom. The molecule has 0 radical (unpaired) electrons. The highest BCUT2D eigenvalue weighted by Gasteiger charge is 2.42. The Hall–Kier alpha value is -1.86. The van der Waals surface area contributed by atoms with Gasteiger partial charge in [-0.3, -0.25) is 16.0 Å². The summed E-state index contributed by atoms with van der Waals surface area (Å²) in [4.78, 5) is 10.7. The molecule has 0 atom stereocenters. The normalized spacial score (nSPS) is 15.7. The molecule has 1 aromatic carbocycles. The van der Waals surface area contributed by atoms with Gasteiger partial charge in [-0.15, -0.1) is 0 Å². The summed E-state index contributed by atoms with van der Waals surface area (Å²) in [6, 6.07) is 5.02. The lowest BCUT2D eigenvalue weighted by Gasteiger charge is -2.17. The number of methoxy groups -OCH3 is 1. The molecule has 7 nitrogen and oxygen atoms in total. The van der Waals surface area contributed by atoms with E-state index in [2.05, 4.69) is 10.7 Å². The van der Waals surface area contributed by atoms with E-state index in [0.29, 0.717) is 24.5 Å². The van der Waals surface area contributed by atoms with Crippen molar-refractivity contribution in [1.29, 1.82) is 0 Å². The second-order valence-corrected chi connectivity index (χ2v) is 5.20. The standard InChI is InChI=1S/C13H20N4O3/c1-20-8-7-13(5-6-13)9-15-10-3-2-4-11(16-14)12(10)17(18)19/h2-4,15-16H,5-9,14H2,1H3. The van der Waals surface area contributed by atoms with Gasteiger partial charge in [0.2, 0.25) is 0 Å². The van der Waals surface area contributed by atoms with E-state index in [1.807, 2.05) is 0 Å². The van der Waals surface area contributed by atoms with E-state index in [9.17, 15) is 10.1 Å². The Balaban J connectivity index is 2.08. The van der Waals surface area contributed by atoms with Crippen molar-refractivity contribution < 1.29 is 9.66 Å². The van der Waals surface area contributed by atoms with E-state index >= 15 is 0 Å². The first-order valence-corrected chi connectivity index (χ1v) is 6.59. The third-order valence-electron chi connectivity index (χ3n) is 3.82. The molecule has 0 amide bonds. The van der Waals surface area contributed by atoms with Crippen molar-refractivity contribution in [3.63, 3.8) is 0 Å². The third kappa shape index (κ3) is 3.17. The number of ether oxygens (including phenoxy) is 1. The van der Waals surface area contributed by atoms with Crippen LogP contribution in [0, 0.1) is 15.5 Å². The molecule has 0 saturated heterocycles.